The number of esters is 1. The van der Waals surface area contributed by atoms with Crippen LogP contribution in [0.5, 0.6) is 11.5 Å². The lowest BCUT2D eigenvalue weighted by atomic mass is 10.1. The quantitative estimate of drug-likeness (QED) is 0.428. The van der Waals surface area contributed by atoms with Gasteiger partial charge < -0.3 is 19.1 Å². The van der Waals surface area contributed by atoms with Gasteiger partial charge in [-0.25, -0.2) is 8.42 Å². The molecule has 2 aliphatic heterocycles. The van der Waals surface area contributed by atoms with Crippen molar-refractivity contribution >= 4 is 27.5 Å². The van der Waals surface area contributed by atoms with Gasteiger partial charge in [0.15, 0.2) is 33.2 Å². The Morgan fingerprint density at radius 3 is 2.52 bits per heavy atom. The highest BCUT2D eigenvalue weighted by molar-refractivity contribution is 7.91. The highest BCUT2D eigenvalue weighted by Crippen LogP contribution is 2.31. The fraction of sp³-hybridized carbons (Fsp3) is 0.571. The van der Waals surface area contributed by atoms with E-state index >= 15 is 0 Å². The summed E-state index contributed by atoms with van der Waals surface area (Å²) in [6.07, 6.45) is -0.917. The van der Waals surface area contributed by atoms with Crippen molar-refractivity contribution in [2.75, 3.05) is 31.3 Å². The van der Waals surface area contributed by atoms with Gasteiger partial charge in [-0.1, -0.05) is 0 Å². The Labute approximate surface area is 181 Å². The van der Waals surface area contributed by atoms with Crippen LogP contribution in [-0.2, 0) is 24.2 Å². The van der Waals surface area contributed by atoms with Gasteiger partial charge in [0.25, 0.3) is 5.91 Å². The van der Waals surface area contributed by atoms with E-state index < -0.39 is 33.9 Å². The predicted octanol–water partition coefficient (Wildman–Crippen LogP) is 1.39. The minimum atomic E-state index is -3.14. The predicted molar refractivity (Wildman–Crippen MR) is 111 cm³/mol. The second-order valence-corrected chi connectivity index (χ2v) is 9.82. The Balaban J connectivity index is 1.50. The minimum Gasteiger partial charge on any atom is -0.486 e. The number of carbonyl (C=O) groups excluding carboxylic acids is 3. The molecule has 31 heavy (non-hydrogen) atoms. The number of nitrogens with zero attached hydrogens (tertiary/aromatic N) is 1. The van der Waals surface area contributed by atoms with Crippen molar-refractivity contribution in [1.29, 1.82) is 0 Å². The molecule has 0 radical (unpaired) electrons. The van der Waals surface area contributed by atoms with Crippen LogP contribution in [0.4, 0.5) is 0 Å². The molecule has 3 rings (SSSR count). The van der Waals surface area contributed by atoms with Crippen molar-refractivity contribution in [3.8, 4) is 11.5 Å². The summed E-state index contributed by atoms with van der Waals surface area (Å²) in [5, 5.41) is 0. The van der Waals surface area contributed by atoms with E-state index in [1.807, 2.05) is 0 Å². The van der Waals surface area contributed by atoms with Gasteiger partial charge in [0.2, 0.25) is 0 Å². The SMILES string of the molecule is CCN(C(=O)[C@@H](C)OC(=O)CCC(=O)c1ccc2c(c1)OCCO2)[C@H]1CCS(=O)(=O)C1. The number of carbonyl (C=O) groups is 3. The molecule has 0 spiro atoms. The lowest BCUT2D eigenvalue weighted by Crippen LogP contribution is -2.46. The van der Waals surface area contributed by atoms with E-state index in [-0.39, 0.29) is 30.1 Å². The molecule has 0 N–H and O–H groups in total. The maximum absolute atomic E-state index is 12.7. The Hall–Kier alpha value is -2.62. The number of amides is 1. The zero-order valence-electron chi connectivity index (χ0n) is 17.7. The van der Waals surface area contributed by atoms with Crippen LogP contribution >= 0.6 is 0 Å². The van der Waals surface area contributed by atoms with Gasteiger partial charge in [-0.2, -0.15) is 0 Å². The Morgan fingerprint density at radius 1 is 1.16 bits per heavy atom. The summed E-state index contributed by atoms with van der Waals surface area (Å²) in [4.78, 5) is 38.7. The second kappa shape index (κ2) is 9.67. The fourth-order valence-corrected chi connectivity index (χ4v) is 5.46. The standard InChI is InChI=1S/C21H27NO8S/c1-3-22(16-8-11-31(26,27)13-16)21(25)14(2)30-20(24)7-5-17(23)15-4-6-18-19(12-15)29-10-9-28-18/h4,6,12,14,16H,3,5,7-11,13H2,1-2H3/t14-,16+/m1/s1. The van der Waals surface area contributed by atoms with Crippen molar-refractivity contribution in [1.82, 2.24) is 4.90 Å². The van der Waals surface area contributed by atoms with Crippen LogP contribution in [0.15, 0.2) is 18.2 Å². The Kier molecular flexibility index (Phi) is 7.19. The summed E-state index contributed by atoms with van der Waals surface area (Å²) in [6, 6.07) is 4.45. The Morgan fingerprint density at radius 2 is 1.87 bits per heavy atom. The van der Waals surface area contributed by atoms with E-state index in [0.29, 0.717) is 43.2 Å². The van der Waals surface area contributed by atoms with Gasteiger partial charge in [-0.15, -0.1) is 0 Å². The second-order valence-electron chi connectivity index (χ2n) is 7.59. The molecule has 0 bridgehead atoms. The van der Waals surface area contributed by atoms with Gasteiger partial charge in [-0.05, 0) is 38.5 Å². The Bertz CT molecular complexity index is 958. The van der Waals surface area contributed by atoms with Crippen LogP contribution in [0, 0.1) is 0 Å². The first kappa shape index (κ1) is 23.1. The van der Waals surface area contributed by atoms with Crippen LogP contribution < -0.4 is 9.47 Å². The number of benzene rings is 1. The normalized spacial score (nSPS) is 20.0. The van der Waals surface area contributed by atoms with Crippen LogP contribution in [0.3, 0.4) is 0 Å². The molecular weight excluding hydrogens is 426 g/mol. The van der Waals surface area contributed by atoms with Gasteiger partial charge in [0.1, 0.15) is 13.2 Å². The van der Waals surface area contributed by atoms with Crippen molar-refractivity contribution in [2.24, 2.45) is 0 Å². The van der Waals surface area contributed by atoms with Crippen molar-refractivity contribution in [2.45, 2.75) is 45.3 Å². The fourth-order valence-electron chi connectivity index (χ4n) is 3.73. The van der Waals surface area contributed by atoms with E-state index in [1.165, 1.54) is 11.8 Å². The molecule has 1 fully saturated rings. The van der Waals surface area contributed by atoms with E-state index in [9.17, 15) is 22.8 Å². The van der Waals surface area contributed by atoms with E-state index in [1.54, 1.807) is 25.1 Å². The van der Waals surface area contributed by atoms with Crippen LogP contribution in [0.2, 0.25) is 0 Å². The zero-order valence-corrected chi connectivity index (χ0v) is 18.5. The molecule has 0 aliphatic carbocycles. The minimum absolute atomic E-state index is 0.0532. The molecule has 2 atom stereocenters. The molecule has 170 valence electrons. The number of rotatable bonds is 8. The molecule has 2 aliphatic rings. The molecule has 0 aromatic heterocycles. The molecule has 1 saturated heterocycles. The molecule has 0 saturated carbocycles. The molecule has 1 amide bonds. The first-order valence-corrected chi connectivity index (χ1v) is 12.2. The van der Waals surface area contributed by atoms with Crippen molar-refractivity contribution in [3.05, 3.63) is 23.8 Å². The van der Waals surface area contributed by atoms with E-state index in [2.05, 4.69) is 0 Å². The number of hydrogen-bond acceptors (Lipinski definition) is 8. The summed E-state index contributed by atoms with van der Waals surface area (Å²) in [6.45, 7) is 4.39. The van der Waals surface area contributed by atoms with Gasteiger partial charge in [0, 0.05) is 24.6 Å². The van der Waals surface area contributed by atoms with Gasteiger partial charge in [0.05, 0.1) is 17.9 Å². The highest BCUT2D eigenvalue weighted by Gasteiger charge is 2.36. The molecule has 1 aromatic carbocycles. The molecule has 0 unspecified atom stereocenters. The summed E-state index contributed by atoms with van der Waals surface area (Å²) in [5.41, 5.74) is 0.403. The number of ketones is 1. The molecule has 2 heterocycles. The first-order chi connectivity index (χ1) is 14.7. The first-order valence-electron chi connectivity index (χ1n) is 10.3. The molecule has 1 aromatic rings. The topological polar surface area (TPSA) is 116 Å². The third kappa shape index (κ3) is 5.75. The van der Waals surface area contributed by atoms with Crippen LogP contribution in [0.25, 0.3) is 0 Å². The van der Waals surface area contributed by atoms with E-state index in [4.69, 9.17) is 14.2 Å². The largest absolute Gasteiger partial charge is 0.486 e. The third-order valence-corrected chi connectivity index (χ3v) is 7.10. The molecule has 9 nitrogen and oxygen atoms in total. The van der Waals surface area contributed by atoms with E-state index in [0.717, 1.165) is 0 Å². The molecule has 10 heteroatoms. The lowest BCUT2D eigenvalue weighted by molar-refractivity contribution is -0.159. The number of Topliss-reactive ketones (excluding diaryl/α,β-unsaturated/α-hetero) is 1. The van der Waals surface area contributed by atoms with Crippen LogP contribution in [0.1, 0.15) is 43.5 Å². The summed E-state index contributed by atoms with van der Waals surface area (Å²) in [7, 11) is -3.14. The van der Waals surface area contributed by atoms with Gasteiger partial charge >= 0.3 is 5.97 Å². The van der Waals surface area contributed by atoms with Crippen molar-refractivity contribution in [3.63, 3.8) is 0 Å². The average molecular weight is 454 g/mol. The lowest BCUT2D eigenvalue weighted by Gasteiger charge is -2.29. The third-order valence-electron chi connectivity index (χ3n) is 5.35. The monoisotopic (exact) mass is 453 g/mol. The van der Waals surface area contributed by atoms with Gasteiger partial charge in [-0.3, -0.25) is 14.4 Å². The van der Waals surface area contributed by atoms with Crippen LogP contribution in [-0.4, -0.2) is 74.4 Å². The summed E-state index contributed by atoms with van der Waals surface area (Å²) >= 11 is 0. The summed E-state index contributed by atoms with van der Waals surface area (Å²) < 4.78 is 39.5. The number of fused-ring (bicyclic) bond motifs is 1. The highest BCUT2D eigenvalue weighted by atomic mass is 32.2. The average Bonchev–Trinajstić information content (AvgIpc) is 3.11. The number of sulfone groups is 1. The maximum Gasteiger partial charge on any atom is 0.307 e. The zero-order chi connectivity index (χ0) is 22.6. The molecular formula is C21H27NO8S. The number of hydrogen-bond donors (Lipinski definition) is 0. The smallest absolute Gasteiger partial charge is 0.307 e. The maximum atomic E-state index is 12.7. The number of ether oxygens (including phenoxy) is 3. The summed E-state index contributed by atoms with van der Waals surface area (Å²) in [5.74, 6) is -0.302. The number of likely N-dealkylation sites (N-methyl/N-ethyl adjacent to an activating group) is 1. The van der Waals surface area contributed by atoms with Crippen molar-refractivity contribution < 1.29 is 37.0 Å².